The highest BCUT2D eigenvalue weighted by atomic mass is 35.5. The summed E-state index contributed by atoms with van der Waals surface area (Å²) < 4.78 is 0. The molecule has 2 N–H and O–H groups in total. The van der Waals surface area contributed by atoms with Crippen LogP contribution in [0.2, 0.25) is 5.02 Å². The number of rotatable bonds is 3. The number of hydrogen-bond acceptors (Lipinski definition) is 1. The smallest absolute Gasteiger partial charge is 0.221 e. The number of nitrogens with two attached hydrogens (primary N) is 1. The van der Waals surface area contributed by atoms with E-state index in [9.17, 15) is 4.79 Å². The molecule has 0 aliphatic heterocycles. The van der Waals surface area contributed by atoms with E-state index in [4.69, 9.17) is 17.3 Å². The number of benzene rings is 1. The van der Waals surface area contributed by atoms with Crippen LogP contribution in [0.15, 0.2) is 24.3 Å². The molecule has 0 spiro atoms. The van der Waals surface area contributed by atoms with E-state index < -0.39 is 0 Å². The number of halogens is 1. The van der Waals surface area contributed by atoms with E-state index in [0.717, 1.165) is 16.1 Å². The van der Waals surface area contributed by atoms with Gasteiger partial charge in [0, 0.05) is 11.4 Å². The second-order valence-corrected chi connectivity index (χ2v) is 3.43. The van der Waals surface area contributed by atoms with Gasteiger partial charge in [0.25, 0.3) is 0 Å². The first-order chi connectivity index (χ1) is 6.61. The molecule has 0 heterocycles. The molecular weight excluding hydrogens is 198 g/mol. The van der Waals surface area contributed by atoms with Crippen LogP contribution in [-0.2, 0) is 4.79 Å². The molecule has 0 saturated heterocycles. The molecular formula is C11H12ClNO. The zero-order valence-electron chi connectivity index (χ0n) is 7.96. The van der Waals surface area contributed by atoms with Crippen molar-refractivity contribution in [1.29, 1.82) is 0 Å². The molecule has 1 aromatic rings. The molecule has 0 unspecified atom stereocenters. The van der Waals surface area contributed by atoms with Gasteiger partial charge in [0.05, 0.1) is 0 Å². The molecule has 1 aromatic carbocycles. The molecule has 1 amide bonds. The Morgan fingerprint density at radius 3 is 2.93 bits per heavy atom. The van der Waals surface area contributed by atoms with E-state index in [1.807, 2.05) is 31.2 Å². The second kappa shape index (κ2) is 4.82. The lowest BCUT2D eigenvalue weighted by Gasteiger charge is -2.01. The van der Waals surface area contributed by atoms with Crippen LogP contribution in [0.3, 0.4) is 0 Å². The number of carbonyl (C=O) groups is 1. The molecule has 0 aromatic heterocycles. The second-order valence-electron chi connectivity index (χ2n) is 3.03. The number of carbonyl (C=O) groups excluding carboxylic acids is 1. The number of amides is 1. The third-order valence-electron chi connectivity index (χ3n) is 1.93. The average molecular weight is 210 g/mol. The fraction of sp³-hybridized carbons (Fsp3) is 0.182. The standard InChI is InChI=1S/C11H12ClNO/c1-8-9(4-2-6-10(8)12)5-3-7-11(13)14/h2-6H,7H2,1H3,(H2,13,14). The van der Waals surface area contributed by atoms with E-state index in [2.05, 4.69) is 0 Å². The van der Waals surface area contributed by atoms with Gasteiger partial charge in [0.2, 0.25) is 5.91 Å². The van der Waals surface area contributed by atoms with Crippen molar-refractivity contribution < 1.29 is 4.79 Å². The van der Waals surface area contributed by atoms with Gasteiger partial charge >= 0.3 is 0 Å². The van der Waals surface area contributed by atoms with Crippen LogP contribution in [0.5, 0.6) is 0 Å². The van der Waals surface area contributed by atoms with Crippen LogP contribution in [0.1, 0.15) is 17.5 Å². The van der Waals surface area contributed by atoms with Crippen molar-refractivity contribution in [3.05, 3.63) is 40.4 Å². The Morgan fingerprint density at radius 1 is 1.57 bits per heavy atom. The Kier molecular flexibility index (Phi) is 3.72. The van der Waals surface area contributed by atoms with E-state index in [-0.39, 0.29) is 12.3 Å². The summed E-state index contributed by atoms with van der Waals surface area (Å²) in [6.07, 6.45) is 3.85. The monoisotopic (exact) mass is 209 g/mol. The molecule has 0 fully saturated rings. The van der Waals surface area contributed by atoms with Crippen molar-refractivity contribution in [1.82, 2.24) is 0 Å². The van der Waals surface area contributed by atoms with Crippen molar-refractivity contribution >= 4 is 23.6 Å². The maximum absolute atomic E-state index is 10.5. The van der Waals surface area contributed by atoms with Crippen molar-refractivity contribution in [2.45, 2.75) is 13.3 Å². The summed E-state index contributed by atoms with van der Waals surface area (Å²) in [7, 11) is 0. The van der Waals surface area contributed by atoms with Crippen LogP contribution < -0.4 is 5.73 Å². The average Bonchev–Trinajstić information content (AvgIpc) is 2.12. The Hall–Kier alpha value is -1.28. The lowest BCUT2D eigenvalue weighted by molar-refractivity contribution is -0.117. The van der Waals surface area contributed by atoms with Gasteiger partial charge in [0.1, 0.15) is 0 Å². The minimum Gasteiger partial charge on any atom is -0.369 e. The summed E-state index contributed by atoms with van der Waals surface area (Å²) in [6.45, 7) is 1.94. The first-order valence-corrected chi connectivity index (χ1v) is 4.69. The maximum atomic E-state index is 10.5. The third kappa shape index (κ3) is 2.89. The molecule has 0 atom stereocenters. The van der Waals surface area contributed by atoms with E-state index in [0.29, 0.717) is 0 Å². The van der Waals surface area contributed by atoms with Crippen LogP contribution in [0.25, 0.3) is 6.08 Å². The maximum Gasteiger partial charge on any atom is 0.221 e. The minimum absolute atomic E-state index is 0.256. The van der Waals surface area contributed by atoms with E-state index in [1.54, 1.807) is 6.08 Å². The number of primary amides is 1. The topological polar surface area (TPSA) is 43.1 Å². The Balaban J connectivity index is 2.81. The molecule has 0 bridgehead atoms. The summed E-state index contributed by atoms with van der Waals surface area (Å²) in [5.41, 5.74) is 7.03. The fourth-order valence-corrected chi connectivity index (χ4v) is 1.29. The van der Waals surface area contributed by atoms with Gasteiger partial charge in [-0.25, -0.2) is 0 Å². The molecule has 1 rings (SSSR count). The molecule has 0 saturated carbocycles. The van der Waals surface area contributed by atoms with Gasteiger partial charge < -0.3 is 5.73 Å². The Labute approximate surface area is 88.4 Å². The highest BCUT2D eigenvalue weighted by Gasteiger charge is 1.97. The summed E-state index contributed by atoms with van der Waals surface area (Å²) in [6, 6.07) is 5.65. The Morgan fingerprint density at radius 2 is 2.29 bits per heavy atom. The first-order valence-electron chi connectivity index (χ1n) is 4.31. The van der Waals surface area contributed by atoms with Crippen molar-refractivity contribution in [2.24, 2.45) is 5.73 Å². The summed E-state index contributed by atoms with van der Waals surface area (Å²) in [4.78, 5) is 10.5. The molecule has 0 aliphatic carbocycles. The molecule has 2 nitrogen and oxygen atoms in total. The fourth-order valence-electron chi connectivity index (χ4n) is 1.11. The largest absolute Gasteiger partial charge is 0.369 e. The predicted octanol–water partition coefficient (Wildman–Crippen LogP) is 2.54. The minimum atomic E-state index is -0.332. The van der Waals surface area contributed by atoms with Crippen molar-refractivity contribution in [3.63, 3.8) is 0 Å². The van der Waals surface area contributed by atoms with Crippen molar-refractivity contribution in [2.75, 3.05) is 0 Å². The van der Waals surface area contributed by atoms with Crippen molar-refractivity contribution in [3.8, 4) is 0 Å². The molecule has 0 radical (unpaired) electrons. The van der Waals surface area contributed by atoms with Gasteiger partial charge in [-0.15, -0.1) is 0 Å². The van der Waals surface area contributed by atoms with Gasteiger partial charge in [-0.2, -0.15) is 0 Å². The number of hydrogen-bond donors (Lipinski definition) is 1. The normalized spacial score (nSPS) is 10.7. The molecule has 0 aliphatic rings. The van der Waals surface area contributed by atoms with Gasteiger partial charge in [-0.05, 0) is 24.1 Å². The Bertz CT molecular complexity index is 372. The molecule has 3 heteroatoms. The summed E-state index contributed by atoms with van der Waals surface area (Å²) >= 11 is 5.93. The SMILES string of the molecule is Cc1c(Cl)cccc1C=CCC(N)=O. The quantitative estimate of drug-likeness (QED) is 0.817. The lowest BCUT2D eigenvalue weighted by atomic mass is 10.1. The zero-order chi connectivity index (χ0) is 10.6. The van der Waals surface area contributed by atoms with Crippen LogP contribution in [-0.4, -0.2) is 5.91 Å². The van der Waals surface area contributed by atoms with Crippen LogP contribution in [0, 0.1) is 6.92 Å². The summed E-state index contributed by atoms with van der Waals surface area (Å²) in [5.74, 6) is -0.332. The highest BCUT2D eigenvalue weighted by Crippen LogP contribution is 2.19. The highest BCUT2D eigenvalue weighted by molar-refractivity contribution is 6.31. The third-order valence-corrected chi connectivity index (χ3v) is 2.34. The van der Waals surface area contributed by atoms with Gasteiger partial charge in [-0.1, -0.05) is 35.9 Å². The van der Waals surface area contributed by atoms with Gasteiger partial charge in [-0.3, -0.25) is 4.79 Å². The molecule has 74 valence electrons. The zero-order valence-corrected chi connectivity index (χ0v) is 8.71. The lowest BCUT2D eigenvalue weighted by Crippen LogP contribution is -2.07. The van der Waals surface area contributed by atoms with Crippen LogP contribution in [0.4, 0.5) is 0 Å². The first kappa shape index (κ1) is 10.8. The molecule has 14 heavy (non-hydrogen) atoms. The van der Waals surface area contributed by atoms with Crippen LogP contribution >= 0.6 is 11.6 Å². The van der Waals surface area contributed by atoms with Gasteiger partial charge in [0.15, 0.2) is 0 Å². The van der Waals surface area contributed by atoms with E-state index >= 15 is 0 Å². The predicted molar refractivity (Wildman–Crippen MR) is 59.0 cm³/mol. The summed E-state index contributed by atoms with van der Waals surface area (Å²) in [5, 5.41) is 0.728. The van der Waals surface area contributed by atoms with E-state index in [1.165, 1.54) is 0 Å².